The van der Waals surface area contributed by atoms with Crippen LogP contribution < -0.4 is 60.2 Å². The molecule has 19 N–H and O–H groups in total. The zero-order valence-corrected chi connectivity index (χ0v) is 29.0. The maximum atomic E-state index is 13.5. The second kappa shape index (κ2) is 24.8. The quantitative estimate of drug-likeness (QED) is 0.0225. The van der Waals surface area contributed by atoms with Crippen molar-refractivity contribution in [3.63, 3.8) is 0 Å². The van der Waals surface area contributed by atoms with Crippen molar-refractivity contribution in [1.29, 1.82) is 10.8 Å². The Bertz CT molecular complexity index is 1220. The molecule has 0 radical (unpaired) electrons. The molecule has 0 saturated heterocycles. The van der Waals surface area contributed by atoms with Gasteiger partial charge in [-0.2, -0.15) is 0 Å². The molecule has 0 unspecified atom stereocenters. The van der Waals surface area contributed by atoms with E-state index in [1.54, 1.807) is 6.92 Å². The highest BCUT2D eigenvalue weighted by Crippen LogP contribution is 2.10. The van der Waals surface area contributed by atoms with E-state index >= 15 is 0 Å². The molecule has 0 aromatic rings. The first kappa shape index (κ1) is 45.8. The fourth-order valence-electron chi connectivity index (χ4n) is 4.45. The van der Waals surface area contributed by atoms with Crippen LogP contribution in [0, 0.1) is 16.7 Å². The third-order valence-electron chi connectivity index (χ3n) is 7.38. The summed E-state index contributed by atoms with van der Waals surface area (Å²) in [6.07, 6.45) is 1.68. The van der Waals surface area contributed by atoms with Crippen LogP contribution in [0.2, 0.25) is 0 Å². The van der Waals surface area contributed by atoms with Gasteiger partial charge in [-0.3, -0.25) is 44.4 Å². The molecule has 0 saturated carbocycles. The molecule has 0 aliphatic heterocycles. The van der Waals surface area contributed by atoms with Crippen molar-refractivity contribution in [1.82, 2.24) is 37.2 Å². The van der Waals surface area contributed by atoms with Gasteiger partial charge < -0.3 is 70.4 Å². The minimum atomic E-state index is -1.63. The van der Waals surface area contributed by atoms with Gasteiger partial charge in [0.2, 0.25) is 35.4 Å². The molecule has 290 valence electrons. The van der Waals surface area contributed by atoms with Crippen molar-refractivity contribution >= 4 is 53.3 Å². The third-order valence-corrected chi connectivity index (χ3v) is 7.38. The van der Waals surface area contributed by atoms with E-state index in [1.807, 2.05) is 0 Å². The Morgan fingerprint density at radius 2 is 1.06 bits per heavy atom. The Morgan fingerprint density at radius 1 is 0.608 bits per heavy atom. The molecule has 0 heterocycles. The number of aliphatic hydroxyl groups is 1. The molecule has 0 aliphatic carbocycles. The van der Waals surface area contributed by atoms with E-state index in [9.17, 15) is 38.7 Å². The zero-order chi connectivity index (χ0) is 39.1. The molecular weight excluding hydrogens is 674 g/mol. The van der Waals surface area contributed by atoms with Gasteiger partial charge in [-0.15, -0.1) is 0 Å². The molecule has 0 aromatic heterocycles. The predicted molar refractivity (Wildman–Crippen MR) is 184 cm³/mol. The number of primary amides is 1. The number of hydrogen-bond donors (Lipinski definition) is 15. The van der Waals surface area contributed by atoms with Gasteiger partial charge in [-0.05, 0) is 52.0 Å². The van der Waals surface area contributed by atoms with Crippen LogP contribution in [0.25, 0.3) is 0 Å². The molecule has 6 amide bonds. The smallest absolute Gasteiger partial charge is 0.305 e. The molecule has 0 spiro atoms. The molecular formula is C29H55N13O9. The second-order valence-electron chi connectivity index (χ2n) is 11.8. The summed E-state index contributed by atoms with van der Waals surface area (Å²) in [6, 6.07) is -7.00. The fourth-order valence-corrected chi connectivity index (χ4v) is 4.45. The van der Waals surface area contributed by atoms with Crippen molar-refractivity contribution in [2.75, 3.05) is 26.2 Å². The van der Waals surface area contributed by atoms with E-state index in [4.69, 9.17) is 38.9 Å². The minimum absolute atomic E-state index is 0.0451. The van der Waals surface area contributed by atoms with Crippen LogP contribution in [0.15, 0.2) is 0 Å². The Kier molecular flexibility index (Phi) is 22.3. The number of aliphatic hydroxyl groups excluding tert-OH is 1. The highest BCUT2D eigenvalue weighted by atomic mass is 16.4. The second-order valence-corrected chi connectivity index (χ2v) is 11.8. The van der Waals surface area contributed by atoms with Crippen LogP contribution in [0.5, 0.6) is 0 Å². The maximum Gasteiger partial charge on any atom is 0.305 e. The SMILES string of the molecule is C[C@H](NC(=O)[C@H](CO)NC(=O)[C@H](CCCNC(=N)N)NC(=O)[C@H](CCCNC(=N)N)NC(=O)[C@@H](C)CCCCN)C(=O)N[C@@H](CC(=O)O)C(N)=O. The molecule has 0 rings (SSSR count). The normalized spacial score (nSPS) is 14.2. The number of rotatable bonds is 26. The summed E-state index contributed by atoms with van der Waals surface area (Å²) in [4.78, 5) is 87.8. The summed E-state index contributed by atoms with van der Waals surface area (Å²) in [5.74, 6) is -7.65. The van der Waals surface area contributed by atoms with E-state index in [2.05, 4.69) is 37.2 Å². The van der Waals surface area contributed by atoms with Gasteiger partial charge in [-0.1, -0.05) is 13.3 Å². The van der Waals surface area contributed by atoms with Gasteiger partial charge in [-0.25, -0.2) is 0 Å². The topological polar surface area (TPSA) is 396 Å². The first-order valence-electron chi connectivity index (χ1n) is 16.4. The molecule has 0 bridgehead atoms. The number of carboxylic acids is 1. The number of amides is 6. The van der Waals surface area contributed by atoms with Gasteiger partial charge in [0.1, 0.15) is 30.2 Å². The Labute approximate surface area is 295 Å². The van der Waals surface area contributed by atoms with Gasteiger partial charge in [0, 0.05) is 19.0 Å². The van der Waals surface area contributed by atoms with Crippen LogP contribution >= 0.6 is 0 Å². The number of carboxylic acid groups (broad SMARTS) is 1. The lowest BCUT2D eigenvalue weighted by Gasteiger charge is -2.26. The van der Waals surface area contributed by atoms with Crippen LogP contribution in [0.3, 0.4) is 0 Å². The lowest BCUT2D eigenvalue weighted by molar-refractivity contribution is -0.140. The number of aliphatic carboxylic acids is 1. The third kappa shape index (κ3) is 20.1. The largest absolute Gasteiger partial charge is 0.481 e. The van der Waals surface area contributed by atoms with Crippen LogP contribution in [-0.4, -0.2) is 120 Å². The first-order valence-corrected chi connectivity index (χ1v) is 16.4. The molecule has 22 nitrogen and oxygen atoms in total. The van der Waals surface area contributed by atoms with Gasteiger partial charge in [0.15, 0.2) is 11.9 Å². The van der Waals surface area contributed by atoms with E-state index in [1.165, 1.54) is 6.92 Å². The summed E-state index contributed by atoms with van der Waals surface area (Å²) in [7, 11) is 0. The number of carbonyl (C=O) groups excluding carboxylic acids is 6. The molecule has 0 aliphatic rings. The van der Waals surface area contributed by atoms with Crippen LogP contribution in [0.1, 0.15) is 65.2 Å². The number of carbonyl (C=O) groups is 7. The molecule has 22 heteroatoms. The average molecular weight is 730 g/mol. The van der Waals surface area contributed by atoms with Crippen molar-refractivity contribution in [2.24, 2.45) is 28.9 Å². The molecule has 6 atom stereocenters. The molecule has 51 heavy (non-hydrogen) atoms. The fraction of sp³-hybridized carbons (Fsp3) is 0.690. The zero-order valence-electron chi connectivity index (χ0n) is 29.0. The summed E-state index contributed by atoms with van der Waals surface area (Å²) in [5, 5.41) is 50.6. The number of unbranched alkanes of at least 4 members (excludes halogenated alkanes) is 1. The van der Waals surface area contributed by atoms with E-state index in [-0.39, 0.29) is 44.3 Å². The minimum Gasteiger partial charge on any atom is -0.481 e. The summed E-state index contributed by atoms with van der Waals surface area (Å²) in [6.45, 7) is 2.78. The number of nitrogens with two attached hydrogens (primary N) is 4. The average Bonchev–Trinajstić information content (AvgIpc) is 3.04. The summed E-state index contributed by atoms with van der Waals surface area (Å²) >= 11 is 0. The lowest BCUT2D eigenvalue weighted by atomic mass is 10.0. The molecule has 0 aromatic carbocycles. The van der Waals surface area contributed by atoms with Crippen molar-refractivity contribution in [3.05, 3.63) is 0 Å². The van der Waals surface area contributed by atoms with Crippen molar-refractivity contribution < 1.29 is 43.8 Å². The lowest BCUT2D eigenvalue weighted by Crippen LogP contribution is -2.59. The summed E-state index contributed by atoms with van der Waals surface area (Å²) in [5.41, 5.74) is 21.3. The first-order chi connectivity index (χ1) is 23.9. The highest BCUT2D eigenvalue weighted by molar-refractivity contribution is 5.96. The number of hydrogen-bond acceptors (Lipinski definition) is 11. The Morgan fingerprint density at radius 3 is 1.49 bits per heavy atom. The van der Waals surface area contributed by atoms with E-state index < -0.39 is 90.6 Å². The Balaban J connectivity index is 5.89. The number of nitrogens with one attached hydrogen (secondary N) is 9. The predicted octanol–water partition coefficient (Wildman–Crippen LogP) is -5.33. The van der Waals surface area contributed by atoms with Crippen LogP contribution in [0.4, 0.5) is 0 Å². The van der Waals surface area contributed by atoms with Gasteiger partial charge >= 0.3 is 5.97 Å². The Hall–Kier alpha value is -5.25. The monoisotopic (exact) mass is 729 g/mol. The maximum absolute atomic E-state index is 13.5. The standard InChI is InChI=1S/C29H55N13O9/c1-15(7-3-4-10-30)23(47)39-17(8-5-11-36-28(32)33)25(49)40-18(9-6-12-37-29(34)35)26(50)42-20(14-43)27(51)38-16(2)24(48)41-19(22(31)46)13-21(44)45/h15-20,43H,3-14,30H2,1-2H3,(H2,31,46)(H,38,51)(H,39,47)(H,40,49)(H,41,48)(H,42,50)(H,44,45)(H4,32,33,36)(H4,34,35,37)/t15-,16-,17-,18-,19-,20-/m0/s1. The molecule has 0 fully saturated rings. The van der Waals surface area contributed by atoms with Gasteiger partial charge in [0.05, 0.1) is 13.0 Å². The van der Waals surface area contributed by atoms with E-state index in [0.29, 0.717) is 25.8 Å². The van der Waals surface area contributed by atoms with Crippen molar-refractivity contribution in [2.45, 2.75) is 95.4 Å². The van der Waals surface area contributed by atoms with Crippen molar-refractivity contribution in [3.8, 4) is 0 Å². The van der Waals surface area contributed by atoms with Crippen LogP contribution in [-0.2, 0) is 33.6 Å². The van der Waals surface area contributed by atoms with Gasteiger partial charge in [0.25, 0.3) is 0 Å². The summed E-state index contributed by atoms with van der Waals surface area (Å²) < 4.78 is 0. The van der Waals surface area contributed by atoms with E-state index in [0.717, 1.165) is 6.42 Å². The highest BCUT2D eigenvalue weighted by Gasteiger charge is 2.31. The number of guanidine groups is 2.